The number of rotatable bonds is 11. The molecule has 1 N–H and O–H groups in total. The fraction of sp³-hybridized carbons (Fsp3) is 0.522. The van der Waals surface area contributed by atoms with Crippen LogP contribution in [0, 0.1) is 11.8 Å². The zero-order valence-electron chi connectivity index (χ0n) is 15.8. The lowest BCUT2D eigenvalue weighted by Crippen LogP contribution is -2.29. The molecule has 2 aliphatic heterocycles. The Morgan fingerprint density at radius 2 is 1.89 bits per heavy atom. The molecule has 0 unspecified atom stereocenters. The maximum absolute atomic E-state index is 10.5. The van der Waals surface area contributed by atoms with Crippen LogP contribution in [0.2, 0.25) is 0 Å². The van der Waals surface area contributed by atoms with Crippen molar-refractivity contribution in [2.75, 3.05) is 11.5 Å². The van der Waals surface area contributed by atoms with E-state index in [-0.39, 0.29) is 0 Å². The van der Waals surface area contributed by atoms with Crippen molar-refractivity contribution in [1.29, 1.82) is 0 Å². The number of hydrogen-bond donors (Lipinski definition) is 1. The number of carboxylic acid groups (broad SMARTS) is 1. The van der Waals surface area contributed by atoms with Crippen LogP contribution in [-0.2, 0) is 9.53 Å². The lowest BCUT2D eigenvalue weighted by atomic mass is 9.77. The number of fused-ring (bicyclic) bond motifs is 2. The Bertz CT molecular complexity index is 640. The first-order valence-corrected chi connectivity index (χ1v) is 11.2. The molecule has 2 heterocycles. The topological polar surface area (TPSA) is 46.5 Å². The fourth-order valence-electron chi connectivity index (χ4n) is 4.35. The third-order valence-electron chi connectivity index (χ3n) is 5.64. The fourth-order valence-corrected chi connectivity index (χ4v) is 5.45. The average Bonchev–Trinajstić information content (AvgIpc) is 3.27. The van der Waals surface area contributed by atoms with Crippen molar-refractivity contribution in [2.45, 2.75) is 50.7 Å². The predicted octanol–water partition coefficient (Wildman–Crippen LogP) is 5.43. The van der Waals surface area contributed by atoms with Gasteiger partial charge in [0.15, 0.2) is 0 Å². The van der Waals surface area contributed by atoms with Crippen LogP contribution in [0.15, 0.2) is 48.6 Å². The third kappa shape index (κ3) is 6.25. The lowest BCUT2D eigenvalue weighted by molar-refractivity contribution is -0.131. The van der Waals surface area contributed by atoms with Crippen LogP contribution in [0.25, 0.3) is 6.08 Å². The molecular weight excluding hydrogens is 356 g/mol. The minimum Gasteiger partial charge on any atom is -0.478 e. The highest BCUT2D eigenvalue weighted by Gasteiger charge is 2.47. The molecule has 27 heavy (non-hydrogen) atoms. The summed E-state index contributed by atoms with van der Waals surface area (Å²) in [5, 5.41) is 8.62. The average molecular weight is 387 g/mol. The molecule has 3 rings (SSSR count). The van der Waals surface area contributed by atoms with Crippen LogP contribution >= 0.6 is 11.8 Å². The highest BCUT2D eigenvalue weighted by molar-refractivity contribution is 7.99. The second-order valence-corrected chi connectivity index (χ2v) is 8.57. The molecule has 0 radical (unpaired) electrons. The Morgan fingerprint density at radius 1 is 1.11 bits per heavy atom. The number of hydrogen-bond acceptors (Lipinski definition) is 3. The summed E-state index contributed by atoms with van der Waals surface area (Å²) in [5.74, 6) is 2.76. The summed E-state index contributed by atoms with van der Waals surface area (Å²) >= 11 is 2.02. The first-order valence-electron chi connectivity index (χ1n) is 10.1. The van der Waals surface area contributed by atoms with Gasteiger partial charge in [-0.25, -0.2) is 4.79 Å². The van der Waals surface area contributed by atoms with Gasteiger partial charge in [0.05, 0.1) is 12.2 Å². The molecule has 2 aliphatic rings. The number of benzene rings is 1. The van der Waals surface area contributed by atoms with Crippen molar-refractivity contribution < 1.29 is 14.6 Å². The van der Waals surface area contributed by atoms with Gasteiger partial charge in [-0.1, -0.05) is 55.0 Å². The largest absolute Gasteiger partial charge is 0.478 e. The first-order chi connectivity index (χ1) is 13.2. The van der Waals surface area contributed by atoms with Crippen LogP contribution in [0.4, 0.5) is 0 Å². The quantitative estimate of drug-likeness (QED) is 0.407. The van der Waals surface area contributed by atoms with E-state index in [1.807, 2.05) is 17.8 Å². The van der Waals surface area contributed by atoms with Gasteiger partial charge >= 0.3 is 5.97 Å². The van der Waals surface area contributed by atoms with Crippen molar-refractivity contribution in [3.8, 4) is 0 Å². The monoisotopic (exact) mass is 386 g/mol. The smallest absolute Gasteiger partial charge is 0.327 e. The van der Waals surface area contributed by atoms with Gasteiger partial charge in [0.1, 0.15) is 0 Å². The molecule has 1 aromatic carbocycles. The van der Waals surface area contributed by atoms with Gasteiger partial charge in [0.25, 0.3) is 0 Å². The molecule has 3 nitrogen and oxygen atoms in total. The Kier molecular flexibility index (Phi) is 8.03. The van der Waals surface area contributed by atoms with Crippen LogP contribution in [0.5, 0.6) is 0 Å². The zero-order chi connectivity index (χ0) is 18.9. The van der Waals surface area contributed by atoms with Crippen LogP contribution in [0.1, 0.15) is 44.1 Å². The van der Waals surface area contributed by atoms with Gasteiger partial charge in [-0.05, 0) is 55.3 Å². The number of unbranched alkanes of at least 4 members (excludes halogenated alkanes) is 2. The molecule has 1 aromatic rings. The van der Waals surface area contributed by atoms with E-state index in [0.29, 0.717) is 24.0 Å². The molecular formula is C23H30O3S. The Morgan fingerprint density at radius 3 is 2.67 bits per heavy atom. The van der Waals surface area contributed by atoms with Crippen molar-refractivity contribution in [3.63, 3.8) is 0 Å². The number of ether oxygens (including phenoxy) is 1. The van der Waals surface area contributed by atoms with Gasteiger partial charge in [-0.15, -0.1) is 0 Å². The third-order valence-corrected chi connectivity index (χ3v) is 6.69. The summed E-state index contributed by atoms with van der Waals surface area (Å²) in [5.41, 5.74) is 1.26. The minimum absolute atomic E-state index is 0.468. The minimum atomic E-state index is -0.852. The summed E-state index contributed by atoms with van der Waals surface area (Å²) in [6.07, 6.45) is 15.2. The number of carbonyl (C=O) groups is 1. The molecule has 0 spiro atoms. The van der Waals surface area contributed by atoms with Gasteiger partial charge < -0.3 is 9.84 Å². The summed E-state index contributed by atoms with van der Waals surface area (Å²) in [7, 11) is 0. The van der Waals surface area contributed by atoms with Gasteiger partial charge in [0, 0.05) is 11.8 Å². The van der Waals surface area contributed by atoms with Gasteiger partial charge in [-0.3, -0.25) is 0 Å². The van der Waals surface area contributed by atoms with Crippen LogP contribution < -0.4 is 0 Å². The highest BCUT2D eigenvalue weighted by atomic mass is 32.2. The van der Waals surface area contributed by atoms with E-state index in [2.05, 4.69) is 36.4 Å². The second kappa shape index (κ2) is 10.7. The Hall–Kier alpha value is -1.52. The molecule has 2 fully saturated rings. The van der Waals surface area contributed by atoms with E-state index >= 15 is 0 Å². The number of carboxylic acids is 1. The molecule has 0 saturated carbocycles. The van der Waals surface area contributed by atoms with E-state index in [9.17, 15) is 4.79 Å². The number of thioether (sulfide) groups is 1. The molecule has 146 valence electrons. The number of allylic oxidation sites excluding steroid dienone is 1. The lowest BCUT2D eigenvalue weighted by Gasteiger charge is -2.27. The Labute approximate surface area is 166 Å². The molecule has 2 saturated heterocycles. The van der Waals surface area contributed by atoms with E-state index < -0.39 is 5.97 Å². The summed E-state index contributed by atoms with van der Waals surface area (Å²) in [6.45, 7) is 0. The second-order valence-electron chi connectivity index (χ2n) is 7.49. The van der Waals surface area contributed by atoms with E-state index in [4.69, 9.17) is 9.84 Å². The molecule has 4 atom stereocenters. The summed E-state index contributed by atoms with van der Waals surface area (Å²) < 4.78 is 6.21. The molecule has 0 amide bonds. The van der Waals surface area contributed by atoms with E-state index in [1.54, 1.807) is 6.08 Å². The van der Waals surface area contributed by atoms with Crippen molar-refractivity contribution in [2.24, 2.45) is 11.8 Å². The molecule has 2 bridgehead atoms. The van der Waals surface area contributed by atoms with Crippen LogP contribution in [0.3, 0.4) is 0 Å². The maximum atomic E-state index is 10.5. The normalized spacial score (nSPS) is 27.1. The predicted molar refractivity (Wildman–Crippen MR) is 113 cm³/mol. The van der Waals surface area contributed by atoms with Crippen molar-refractivity contribution in [3.05, 3.63) is 54.1 Å². The highest BCUT2D eigenvalue weighted by Crippen LogP contribution is 2.46. The summed E-state index contributed by atoms with van der Waals surface area (Å²) in [6, 6.07) is 10.5. The standard InChI is InChI=1S/C23H30O3S/c24-23(25)13-7-2-1-6-12-19-20(22-15-14-21(19)26-22)17-27-16-8-11-18-9-4-3-5-10-18/h3-5,7-11,13,19-22H,1-2,6,12,14-17H2,(H,24,25)/t19-,20+,21-,22+/m0/s1. The Balaban J connectivity index is 1.37. The van der Waals surface area contributed by atoms with Crippen molar-refractivity contribution in [1.82, 2.24) is 0 Å². The number of aliphatic carboxylic acids is 1. The van der Waals surface area contributed by atoms with Crippen LogP contribution in [-0.4, -0.2) is 34.8 Å². The molecule has 0 aliphatic carbocycles. The summed E-state index contributed by atoms with van der Waals surface area (Å²) in [4.78, 5) is 10.5. The zero-order valence-corrected chi connectivity index (χ0v) is 16.7. The molecule has 0 aromatic heterocycles. The van der Waals surface area contributed by atoms with Gasteiger partial charge in [-0.2, -0.15) is 11.8 Å². The van der Waals surface area contributed by atoms with E-state index in [1.165, 1.54) is 36.7 Å². The molecule has 4 heteroatoms. The maximum Gasteiger partial charge on any atom is 0.327 e. The first kappa shape index (κ1) is 20.2. The van der Waals surface area contributed by atoms with Gasteiger partial charge in [0.2, 0.25) is 0 Å². The van der Waals surface area contributed by atoms with Crippen molar-refractivity contribution >= 4 is 23.8 Å². The SMILES string of the molecule is O=C(O)C=CCCCC[C@H]1[C@@H](CSCC=Cc2ccccc2)[C@H]2CC[C@@H]1O2. The van der Waals surface area contributed by atoms with E-state index in [0.717, 1.165) is 25.0 Å².